The van der Waals surface area contributed by atoms with E-state index >= 15 is 0 Å². The van der Waals surface area contributed by atoms with Crippen molar-refractivity contribution in [1.82, 2.24) is 9.78 Å². The second-order valence-corrected chi connectivity index (χ2v) is 5.25. The lowest BCUT2D eigenvalue weighted by Crippen LogP contribution is -2.09. The van der Waals surface area contributed by atoms with E-state index in [-0.39, 0.29) is 11.6 Å². The van der Waals surface area contributed by atoms with E-state index in [2.05, 4.69) is 10.4 Å². The molecule has 0 bridgehead atoms. The minimum atomic E-state index is -0.473. The number of aromatic nitrogens is 2. The standard InChI is InChI=1S/C19H17N3O4/c1-2-25-19(24)17-10-11-22(21-17)15-6-3-5-14(13-15)20-18(23)9-8-16-7-4-12-26-16/h3-13H,2H2,1H3,(H,20,23)/b9-8+. The fourth-order valence-electron chi connectivity index (χ4n) is 2.24. The van der Waals surface area contributed by atoms with Crippen LogP contribution in [0.4, 0.5) is 5.69 Å². The zero-order valence-electron chi connectivity index (χ0n) is 14.1. The highest BCUT2D eigenvalue weighted by atomic mass is 16.5. The maximum absolute atomic E-state index is 12.0. The van der Waals surface area contributed by atoms with Gasteiger partial charge in [0.2, 0.25) is 5.91 Å². The van der Waals surface area contributed by atoms with Gasteiger partial charge >= 0.3 is 5.97 Å². The average molecular weight is 351 g/mol. The van der Waals surface area contributed by atoms with Crippen molar-refractivity contribution in [2.45, 2.75) is 6.92 Å². The van der Waals surface area contributed by atoms with E-state index < -0.39 is 5.97 Å². The maximum Gasteiger partial charge on any atom is 0.358 e. The van der Waals surface area contributed by atoms with E-state index in [1.165, 1.54) is 12.3 Å². The molecule has 0 atom stereocenters. The first-order valence-electron chi connectivity index (χ1n) is 8.01. The molecule has 0 radical (unpaired) electrons. The Labute approximate surface area is 149 Å². The summed E-state index contributed by atoms with van der Waals surface area (Å²) in [7, 11) is 0. The lowest BCUT2D eigenvalue weighted by Gasteiger charge is -2.06. The normalized spacial score (nSPS) is 10.8. The van der Waals surface area contributed by atoms with Crippen molar-refractivity contribution in [3.05, 3.63) is 72.5 Å². The Morgan fingerprint density at radius 3 is 2.92 bits per heavy atom. The van der Waals surface area contributed by atoms with Crippen LogP contribution in [0.1, 0.15) is 23.2 Å². The summed E-state index contributed by atoms with van der Waals surface area (Å²) < 4.78 is 11.6. The number of esters is 1. The van der Waals surface area contributed by atoms with Crippen LogP contribution < -0.4 is 5.32 Å². The number of benzene rings is 1. The van der Waals surface area contributed by atoms with Crippen molar-refractivity contribution < 1.29 is 18.7 Å². The van der Waals surface area contributed by atoms with Crippen LogP contribution in [0.3, 0.4) is 0 Å². The fourth-order valence-corrected chi connectivity index (χ4v) is 2.24. The maximum atomic E-state index is 12.0. The van der Waals surface area contributed by atoms with Crippen molar-refractivity contribution >= 4 is 23.6 Å². The molecule has 1 aromatic carbocycles. The van der Waals surface area contributed by atoms with Gasteiger partial charge in [-0.3, -0.25) is 4.79 Å². The zero-order valence-corrected chi connectivity index (χ0v) is 14.1. The molecule has 0 aliphatic carbocycles. The van der Waals surface area contributed by atoms with Crippen LogP contribution in [-0.4, -0.2) is 28.3 Å². The molecule has 0 unspecified atom stereocenters. The highest BCUT2D eigenvalue weighted by molar-refractivity contribution is 6.01. The van der Waals surface area contributed by atoms with Gasteiger partial charge in [0.05, 0.1) is 18.6 Å². The van der Waals surface area contributed by atoms with Crippen molar-refractivity contribution in [3.8, 4) is 5.69 Å². The predicted molar refractivity (Wildman–Crippen MR) is 95.9 cm³/mol. The zero-order chi connectivity index (χ0) is 18.4. The molecule has 26 heavy (non-hydrogen) atoms. The van der Waals surface area contributed by atoms with Gasteiger partial charge in [0.1, 0.15) is 5.76 Å². The van der Waals surface area contributed by atoms with Crippen LogP contribution in [0.2, 0.25) is 0 Å². The topological polar surface area (TPSA) is 86.4 Å². The minimum Gasteiger partial charge on any atom is -0.465 e. The first-order valence-corrected chi connectivity index (χ1v) is 8.01. The van der Waals surface area contributed by atoms with Crippen LogP contribution in [0, 0.1) is 0 Å². The number of rotatable bonds is 6. The quantitative estimate of drug-likeness (QED) is 0.544. The number of nitrogens with zero attached hydrogens (tertiary/aromatic N) is 2. The summed E-state index contributed by atoms with van der Waals surface area (Å²) in [6.45, 7) is 2.03. The van der Waals surface area contributed by atoms with Crippen LogP contribution >= 0.6 is 0 Å². The monoisotopic (exact) mass is 351 g/mol. The van der Waals surface area contributed by atoms with Gasteiger partial charge in [-0.1, -0.05) is 6.07 Å². The molecule has 2 aromatic heterocycles. The third-order valence-corrected chi connectivity index (χ3v) is 3.39. The molecule has 0 spiro atoms. The summed E-state index contributed by atoms with van der Waals surface area (Å²) in [4.78, 5) is 23.7. The lowest BCUT2D eigenvalue weighted by molar-refractivity contribution is -0.111. The molecule has 2 heterocycles. The van der Waals surface area contributed by atoms with E-state index in [1.54, 1.807) is 60.3 Å². The molecule has 132 valence electrons. The lowest BCUT2D eigenvalue weighted by atomic mass is 10.2. The number of ether oxygens (including phenoxy) is 1. The third kappa shape index (κ3) is 4.27. The molecule has 0 aliphatic rings. The van der Waals surface area contributed by atoms with Crippen LogP contribution in [0.25, 0.3) is 11.8 Å². The number of hydrogen-bond acceptors (Lipinski definition) is 5. The third-order valence-electron chi connectivity index (χ3n) is 3.39. The number of carbonyl (C=O) groups is 2. The first kappa shape index (κ1) is 17.2. The summed E-state index contributed by atoms with van der Waals surface area (Å²) in [5.41, 5.74) is 1.53. The highest BCUT2D eigenvalue weighted by Crippen LogP contribution is 2.15. The van der Waals surface area contributed by atoms with E-state index in [9.17, 15) is 9.59 Å². The Morgan fingerprint density at radius 1 is 1.27 bits per heavy atom. The van der Waals surface area contributed by atoms with Gasteiger partial charge in [0.15, 0.2) is 5.69 Å². The number of amides is 1. The van der Waals surface area contributed by atoms with E-state index in [0.29, 0.717) is 23.7 Å². The van der Waals surface area contributed by atoms with Crippen molar-refractivity contribution in [1.29, 1.82) is 0 Å². The Balaban J connectivity index is 1.70. The molecule has 3 aromatic rings. The summed E-state index contributed by atoms with van der Waals surface area (Å²) >= 11 is 0. The van der Waals surface area contributed by atoms with Crippen LogP contribution in [-0.2, 0) is 9.53 Å². The number of furan rings is 1. The van der Waals surface area contributed by atoms with E-state index in [0.717, 1.165) is 0 Å². The Kier molecular flexibility index (Phi) is 5.28. The Bertz CT molecular complexity index is 926. The van der Waals surface area contributed by atoms with Crippen molar-refractivity contribution in [3.63, 3.8) is 0 Å². The van der Waals surface area contributed by atoms with Gasteiger partial charge in [-0.05, 0) is 49.4 Å². The molecule has 0 fully saturated rings. The molecule has 1 N–H and O–H groups in total. The van der Waals surface area contributed by atoms with Crippen LogP contribution in [0.15, 0.2) is 65.4 Å². The minimum absolute atomic E-state index is 0.225. The molecule has 7 nitrogen and oxygen atoms in total. The Morgan fingerprint density at radius 2 is 2.15 bits per heavy atom. The first-order chi connectivity index (χ1) is 12.7. The molecular weight excluding hydrogens is 334 g/mol. The van der Waals surface area contributed by atoms with E-state index in [4.69, 9.17) is 9.15 Å². The SMILES string of the molecule is CCOC(=O)c1ccn(-c2cccc(NC(=O)/C=C/c3ccco3)c2)n1. The van der Waals surface area contributed by atoms with Gasteiger partial charge in [-0.2, -0.15) is 5.10 Å². The molecule has 1 amide bonds. The molecule has 0 saturated carbocycles. The number of carbonyl (C=O) groups excluding carboxylic acids is 2. The summed E-state index contributed by atoms with van der Waals surface area (Å²) in [6.07, 6.45) is 6.16. The summed E-state index contributed by atoms with van der Waals surface area (Å²) in [5, 5.41) is 6.96. The molecule has 0 aliphatic heterocycles. The van der Waals surface area contributed by atoms with Gasteiger partial charge < -0.3 is 14.5 Å². The molecule has 3 rings (SSSR count). The van der Waals surface area contributed by atoms with Gasteiger partial charge in [-0.15, -0.1) is 0 Å². The predicted octanol–water partition coefficient (Wildman–Crippen LogP) is 3.29. The second-order valence-electron chi connectivity index (χ2n) is 5.25. The van der Waals surface area contributed by atoms with Gasteiger partial charge in [-0.25, -0.2) is 9.48 Å². The van der Waals surface area contributed by atoms with Crippen molar-refractivity contribution in [2.24, 2.45) is 0 Å². The van der Waals surface area contributed by atoms with Gasteiger partial charge in [0.25, 0.3) is 0 Å². The van der Waals surface area contributed by atoms with Crippen molar-refractivity contribution in [2.75, 3.05) is 11.9 Å². The fraction of sp³-hybridized carbons (Fsp3) is 0.105. The smallest absolute Gasteiger partial charge is 0.358 e. The number of nitrogens with one attached hydrogen (secondary N) is 1. The average Bonchev–Trinajstić information content (AvgIpc) is 3.32. The molecular formula is C19H17N3O4. The highest BCUT2D eigenvalue weighted by Gasteiger charge is 2.11. The largest absolute Gasteiger partial charge is 0.465 e. The second kappa shape index (κ2) is 7.98. The summed E-state index contributed by atoms with van der Waals surface area (Å²) in [5.74, 6) is -0.165. The van der Waals surface area contributed by atoms with Crippen LogP contribution in [0.5, 0.6) is 0 Å². The van der Waals surface area contributed by atoms with E-state index in [1.807, 2.05) is 6.07 Å². The van der Waals surface area contributed by atoms with Gasteiger partial charge in [0, 0.05) is 18.0 Å². The molecule has 7 heteroatoms. The molecule has 0 saturated heterocycles. The number of hydrogen-bond donors (Lipinski definition) is 1. The Hall–Kier alpha value is -3.61. The number of anilines is 1. The summed E-state index contributed by atoms with van der Waals surface area (Å²) in [6, 6.07) is 12.2.